The largest absolute Gasteiger partial charge is 0.788 e. The third-order valence-electron chi connectivity index (χ3n) is 8.06. The first-order valence-electron chi connectivity index (χ1n) is 16.3. The van der Waals surface area contributed by atoms with Crippen LogP contribution in [-0.4, -0.2) is 43.6 Å². The minimum atomic E-state index is -1.05. The maximum absolute atomic E-state index is 13.7. The number of rotatable bonds is 23. The zero-order chi connectivity index (χ0) is 29.9. The summed E-state index contributed by atoms with van der Waals surface area (Å²) >= 11 is 0. The van der Waals surface area contributed by atoms with Crippen molar-refractivity contribution in [2.24, 2.45) is 0 Å². The highest BCUT2D eigenvalue weighted by atomic mass is 19.1. The number of benzene rings is 2. The zero-order valence-electron chi connectivity index (χ0n) is 26.4. The Labute approximate surface area is 249 Å². The summed E-state index contributed by atoms with van der Waals surface area (Å²) in [5.41, 5.74) is 0. The fraction of sp³-hybridized carbons (Fsp3) is 0.647. The highest BCUT2D eigenvalue weighted by Gasteiger charge is 2.44. The van der Waals surface area contributed by atoms with Crippen molar-refractivity contribution >= 4 is 7.32 Å². The molecule has 2 atom stereocenters. The van der Waals surface area contributed by atoms with Crippen LogP contribution in [-0.2, 0) is 4.65 Å². The van der Waals surface area contributed by atoms with E-state index in [1.165, 1.54) is 62.8 Å². The van der Waals surface area contributed by atoms with Crippen LogP contribution in [0.4, 0.5) is 8.78 Å². The van der Waals surface area contributed by atoms with Crippen molar-refractivity contribution in [1.82, 2.24) is 0 Å². The van der Waals surface area contributed by atoms with Crippen LogP contribution in [0.25, 0.3) is 0 Å². The van der Waals surface area contributed by atoms with Gasteiger partial charge in [-0.15, -0.1) is 0 Å². The number of hydrogen-bond donors (Lipinski definition) is 0. The third kappa shape index (κ3) is 12.3. The molecule has 0 amide bonds. The molecule has 230 valence electrons. The molecule has 0 radical (unpaired) electrons. The lowest BCUT2D eigenvalue weighted by atomic mass is 9.92. The van der Waals surface area contributed by atoms with E-state index in [1.807, 2.05) is 0 Å². The molecule has 0 N–H and O–H groups in total. The Morgan fingerprint density at radius 1 is 0.585 bits per heavy atom. The van der Waals surface area contributed by atoms with Crippen LogP contribution in [0.15, 0.2) is 48.5 Å². The van der Waals surface area contributed by atoms with Crippen molar-refractivity contribution < 1.29 is 27.2 Å². The normalized spacial score (nSPS) is 13.1. The summed E-state index contributed by atoms with van der Waals surface area (Å²) in [4.78, 5) is 0. The van der Waals surface area contributed by atoms with Gasteiger partial charge in [0, 0.05) is 6.42 Å². The molecule has 41 heavy (non-hydrogen) atoms. The molecule has 0 aliphatic carbocycles. The van der Waals surface area contributed by atoms with Crippen molar-refractivity contribution in [1.29, 1.82) is 0 Å². The van der Waals surface area contributed by atoms with E-state index in [9.17, 15) is 8.78 Å². The number of hydrogen-bond acceptors (Lipinski definition) is 3. The molecule has 0 saturated carbocycles. The Balaban J connectivity index is 2.51. The average Bonchev–Trinajstić information content (AvgIpc) is 2.98. The van der Waals surface area contributed by atoms with E-state index in [2.05, 4.69) is 34.6 Å². The molecule has 0 heterocycles. The van der Waals surface area contributed by atoms with Gasteiger partial charge in [-0.25, -0.2) is 8.78 Å². The number of halogens is 2. The van der Waals surface area contributed by atoms with Gasteiger partial charge < -0.3 is 18.4 Å². The van der Waals surface area contributed by atoms with Gasteiger partial charge in [-0.2, -0.15) is 0 Å². The molecule has 2 aromatic rings. The highest BCUT2D eigenvalue weighted by molar-refractivity contribution is 6.38. The van der Waals surface area contributed by atoms with Gasteiger partial charge in [-0.3, -0.25) is 0 Å². The van der Waals surface area contributed by atoms with Crippen molar-refractivity contribution in [3.8, 4) is 11.5 Å². The van der Waals surface area contributed by atoms with Crippen LogP contribution < -0.4 is 9.31 Å². The summed E-state index contributed by atoms with van der Waals surface area (Å²) in [6.45, 7) is 14.8. The van der Waals surface area contributed by atoms with E-state index in [-0.39, 0.29) is 17.7 Å². The second-order valence-corrected chi connectivity index (χ2v) is 11.4. The van der Waals surface area contributed by atoms with Crippen molar-refractivity contribution in [2.75, 3.05) is 19.6 Å². The van der Waals surface area contributed by atoms with E-state index in [0.29, 0.717) is 17.5 Å². The summed E-state index contributed by atoms with van der Waals surface area (Å²) in [7, 11) is -1.05. The quantitative estimate of drug-likeness (QED) is 0.0751. The molecule has 7 heteroatoms. The van der Waals surface area contributed by atoms with E-state index >= 15 is 0 Å². The molecular formula is C34H55BF2NO3+. The summed E-state index contributed by atoms with van der Waals surface area (Å²) in [6.07, 6.45) is 13.4. The summed E-state index contributed by atoms with van der Waals surface area (Å²) in [5, 5.41) is 0. The predicted octanol–water partition coefficient (Wildman–Crippen LogP) is 9.76. The maximum Gasteiger partial charge on any atom is 0.788 e. The Kier molecular flexibility index (Phi) is 17.0. The Morgan fingerprint density at radius 2 is 1.02 bits per heavy atom. The lowest BCUT2D eigenvalue weighted by Gasteiger charge is -2.48. The van der Waals surface area contributed by atoms with Gasteiger partial charge in [-0.05, 0) is 74.2 Å². The molecule has 0 aliphatic rings. The summed E-state index contributed by atoms with van der Waals surface area (Å²) < 4.78 is 47.7. The van der Waals surface area contributed by atoms with E-state index in [1.54, 1.807) is 24.3 Å². The molecule has 0 fully saturated rings. The lowest BCUT2D eigenvalue weighted by molar-refractivity contribution is -0.955. The molecular weight excluding hydrogens is 519 g/mol. The molecule has 0 aromatic heterocycles. The maximum atomic E-state index is 13.7. The van der Waals surface area contributed by atoms with Crippen molar-refractivity contribution in [3.63, 3.8) is 0 Å². The van der Waals surface area contributed by atoms with Gasteiger partial charge in [0.1, 0.15) is 29.2 Å². The van der Waals surface area contributed by atoms with Crippen LogP contribution in [0.3, 0.4) is 0 Å². The highest BCUT2D eigenvalue weighted by Crippen LogP contribution is 2.30. The van der Waals surface area contributed by atoms with Crippen LogP contribution >= 0.6 is 0 Å². The monoisotopic (exact) mass is 574 g/mol. The van der Waals surface area contributed by atoms with Crippen LogP contribution in [0.5, 0.6) is 11.5 Å². The second-order valence-electron chi connectivity index (χ2n) is 11.4. The fourth-order valence-electron chi connectivity index (χ4n) is 5.78. The molecule has 2 aromatic carbocycles. The molecule has 0 saturated heterocycles. The lowest BCUT2D eigenvalue weighted by Crippen LogP contribution is -2.62. The van der Waals surface area contributed by atoms with Crippen LogP contribution in [0, 0.1) is 11.6 Å². The van der Waals surface area contributed by atoms with Crippen LogP contribution in [0.2, 0.25) is 0 Å². The average molecular weight is 575 g/mol. The third-order valence-corrected chi connectivity index (χ3v) is 8.06. The molecule has 0 spiro atoms. The molecule has 0 bridgehead atoms. The summed E-state index contributed by atoms with van der Waals surface area (Å²) in [5.74, 6) is 0.252. The van der Waals surface area contributed by atoms with Gasteiger partial charge in [0.15, 0.2) is 0 Å². The molecule has 0 aliphatic heterocycles. The van der Waals surface area contributed by atoms with E-state index < -0.39 is 7.32 Å². The second kappa shape index (κ2) is 19.9. The van der Waals surface area contributed by atoms with Gasteiger partial charge in [0.05, 0.1) is 25.7 Å². The topological polar surface area (TPSA) is 27.7 Å². The first-order chi connectivity index (χ1) is 19.9. The minimum Gasteiger partial charge on any atom is -0.501 e. The Hall–Kier alpha value is -2.12. The minimum absolute atomic E-state index is 0.0852. The van der Waals surface area contributed by atoms with Crippen molar-refractivity contribution in [3.05, 3.63) is 60.2 Å². The Bertz CT molecular complexity index is 859. The molecule has 2 rings (SSSR count). The summed E-state index contributed by atoms with van der Waals surface area (Å²) in [6, 6.07) is 12.1. The number of unbranched alkanes of at least 4 members (excludes halogenated alkanes) is 5. The first-order valence-corrected chi connectivity index (χ1v) is 16.3. The van der Waals surface area contributed by atoms with E-state index in [4.69, 9.17) is 14.0 Å². The predicted molar refractivity (Wildman–Crippen MR) is 167 cm³/mol. The first kappa shape index (κ1) is 35.1. The molecule has 2 unspecified atom stereocenters. The Morgan fingerprint density at radius 3 is 1.41 bits per heavy atom. The van der Waals surface area contributed by atoms with Gasteiger partial charge in [-0.1, -0.05) is 79.6 Å². The molecule has 4 nitrogen and oxygen atoms in total. The smallest absolute Gasteiger partial charge is 0.501 e. The van der Waals surface area contributed by atoms with Gasteiger partial charge in [0.2, 0.25) is 0 Å². The van der Waals surface area contributed by atoms with E-state index in [0.717, 1.165) is 62.6 Å². The van der Waals surface area contributed by atoms with Gasteiger partial charge >= 0.3 is 7.32 Å². The standard InChI is InChI=1S/C34H55BF2NO3/c1-6-11-15-17-34(33(16-10-5)38(26-12-7-2,27-13-8-3)28-14-9-4)41-35(39-31-22-18-29(36)19-23-31)40-32-24-20-30(37)21-25-32/h18-25,33-34H,6-17,26-28H2,1-5H3/q+1. The number of nitrogens with zero attached hydrogens (tertiary/aromatic N) is 1. The SMILES string of the molecule is CCCCCC(OB(Oc1ccc(F)cc1)Oc1ccc(F)cc1)C(CCC)[N+](CCCC)(CCCC)CCCC. The fourth-order valence-corrected chi connectivity index (χ4v) is 5.78. The zero-order valence-corrected chi connectivity index (χ0v) is 26.4. The van der Waals surface area contributed by atoms with Gasteiger partial charge in [0.25, 0.3) is 0 Å². The number of quaternary nitrogens is 1. The van der Waals surface area contributed by atoms with Crippen molar-refractivity contribution in [2.45, 2.75) is 124 Å². The van der Waals surface area contributed by atoms with Crippen LogP contribution in [0.1, 0.15) is 112 Å².